The van der Waals surface area contributed by atoms with Crippen LogP contribution in [0.25, 0.3) is 0 Å². The van der Waals surface area contributed by atoms with Gasteiger partial charge in [0, 0.05) is 10.6 Å². The molecule has 1 aromatic rings. The number of phenols is 1. The van der Waals surface area contributed by atoms with Crippen LogP contribution in [0.2, 0.25) is 0 Å². The van der Waals surface area contributed by atoms with E-state index in [0.717, 1.165) is 0 Å². The van der Waals surface area contributed by atoms with E-state index < -0.39 is 0 Å². The normalized spacial score (nSPS) is 20.2. The van der Waals surface area contributed by atoms with Crippen molar-refractivity contribution in [2.24, 2.45) is 5.92 Å². The Bertz CT molecular complexity index is 367. The van der Waals surface area contributed by atoms with Crippen molar-refractivity contribution in [3.8, 4) is 5.75 Å². The van der Waals surface area contributed by atoms with Crippen LogP contribution in [0.3, 0.4) is 0 Å². The number of thioether (sulfide) groups is 1. The second-order valence-corrected chi connectivity index (χ2v) is 5.50. The summed E-state index contributed by atoms with van der Waals surface area (Å²) in [4.78, 5) is 1.18. The van der Waals surface area contributed by atoms with E-state index in [9.17, 15) is 5.11 Å². The largest absolute Gasteiger partial charge is 0.508 e. The summed E-state index contributed by atoms with van der Waals surface area (Å²) < 4.78 is 0. The van der Waals surface area contributed by atoms with E-state index in [-0.39, 0.29) is 0 Å². The maximum atomic E-state index is 9.44. The van der Waals surface area contributed by atoms with Gasteiger partial charge in [0.2, 0.25) is 0 Å². The number of aromatic hydroxyl groups is 1. The first-order chi connectivity index (χ1) is 7.74. The Morgan fingerprint density at radius 2 is 2.25 bits per heavy atom. The molecule has 2 atom stereocenters. The molecule has 1 heterocycles. The lowest BCUT2D eigenvalue weighted by Gasteiger charge is -2.21. The van der Waals surface area contributed by atoms with Crippen molar-refractivity contribution in [1.82, 2.24) is 0 Å². The number of nitrogens with one attached hydrogen (secondary N) is 1. The topological polar surface area (TPSA) is 32.3 Å². The lowest BCUT2D eigenvalue weighted by molar-refractivity contribution is 0.469. The summed E-state index contributed by atoms with van der Waals surface area (Å²) >= 11 is 1.85. The van der Waals surface area contributed by atoms with Gasteiger partial charge in [0.25, 0.3) is 0 Å². The highest BCUT2D eigenvalue weighted by Gasteiger charge is 2.27. The van der Waals surface area contributed by atoms with Gasteiger partial charge in [-0.25, -0.2) is 0 Å². The minimum Gasteiger partial charge on any atom is -0.508 e. The molecule has 2 nitrogen and oxygen atoms in total. The van der Waals surface area contributed by atoms with E-state index in [1.165, 1.54) is 29.8 Å². The van der Waals surface area contributed by atoms with Crippen LogP contribution in [0.4, 0.5) is 5.69 Å². The van der Waals surface area contributed by atoms with Crippen molar-refractivity contribution in [2.45, 2.75) is 43.4 Å². The van der Waals surface area contributed by atoms with Crippen molar-refractivity contribution < 1.29 is 5.11 Å². The molecule has 0 aromatic heterocycles. The van der Waals surface area contributed by atoms with E-state index >= 15 is 0 Å². The first kappa shape index (κ1) is 11.6. The number of phenolic OH excluding ortho intramolecular Hbond substituents is 1. The van der Waals surface area contributed by atoms with Gasteiger partial charge in [-0.1, -0.05) is 38.5 Å². The lowest BCUT2D eigenvalue weighted by Crippen LogP contribution is -2.21. The van der Waals surface area contributed by atoms with Crippen LogP contribution >= 0.6 is 11.8 Å². The van der Waals surface area contributed by atoms with Crippen molar-refractivity contribution in [2.75, 3.05) is 5.32 Å². The summed E-state index contributed by atoms with van der Waals surface area (Å²) in [5.74, 6) is 1.07. The Labute approximate surface area is 101 Å². The number of hydrogen-bond donors (Lipinski definition) is 2. The molecule has 1 aliphatic rings. The van der Waals surface area contributed by atoms with E-state index in [2.05, 4.69) is 19.2 Å². The van der Waals surface area contributed by atoms with Crippen molar-refractivity contribution in [1.29, 1.82) is 0 Å². The Morgan fingerprint density at radius 3 is 2.94 bits per heavy atom. The quantitative estimate of drug-likeness (QED) is 0.774. The summed E-state index contributed by atoms with van der Waals surface area (Å²) in [6.07, 6.45) is 3.71. The SMILES string of the molecule is CCCC(CC)C1Nc2ccc(O)cc2S1. The third-order valence-electron chi connectivity index (χ3n) is 3.13. The van der Waals surface area contributed by atoms with E-state index in [4.69, 9.17) is 0 Å². The molecule has 0 spiro atoms. The maximum absolute atomic E-state index is 9.44. The molecule has 2 unspecified atom stereocenters. The van der Waals surface area contributed by atoms with Gasteiger partial charge in [-0.3, -0.25) is 0 Å². The number of benzene rings is 1. The first-order valence-corrected chi connectivity index (χ1v) is 6.88. The molecule has 0 amide bonds. The highest BCUT2D eigenvalue weighted by atomic mass is 32.2. The summed E-state index contributed by atoms with van der Waals surface area (Å²) in [5.41, 5.74) is 1.17. The standard InChI is InChI=1S/C13H19NOS/c1-3-5-9(4-2)13-14-11-7-6-10(15)8-12(11)16-13/h6-9,13-15H,3-5H2,1-2H3. The molecule has 16 heavy (non-hydrogen) atoms. The van der Waals surface area contributed by atoms with E-state index in [1.54, 1.807) is 6.07 Å². The predicted octanol–water partition coefficient (Wildman–Crippen LogP) is 4.06. The van der Waals surface area contributed by atoms with Crippen molar-refractivity contribution in [3.05, 3.63) is 18.2 Å². The van der Waals surface area contributed by atoms with Gasteiger partial charge in [-0.2, -0.15) is 0 Å². The molecule has 88 valence electrons. The summed E-state index contributed by atoms with van der Waals surface area (Å²) in [6.45, 7) is 4.49. The zero-order valence-electron chi connectivity index (χ0n) is 9.86. The summed E-state index contributed by atoms with van der Waals surface area (Å²) in [7, 11) is 0. The number of anilines is 1. The average Bonchev–Trinajstić information content (AvgIpc) is 2.68. The van der Waals surface area contributed by atoms with Gasteiger partial charge in [-0.05, 0) is 30.5 Å². The molecule has 1 aromatic carbocycles. The van der Waals surface area contributed by atoms with Crippen LogP contribution in [-0.4, -0.2) is 10.5 Å². The molecule has 0 saturated carbocycles. The highest BCUT2D eigenvalue weighted by Crippen LogP contribution is 2.44. The lowest BCUT2D eigenvalue weighted by atomic mass is 10.0. The zero-order chi connectivity index (χ0) is 11.5. The fourth-order valence-corrected chi connectivity index (χ4v) is 3.62. The Morgan fingerprint density at radius 1 is 1.44 bits per heavy atom. The molecular weight excluding hydrogens is 218 g/mol. The van der Waals surface area contributed by atoms with Crippen LogP contribution < -0.4 is 5.32 Å². The fourth-order valence-electron chi connectivity index (χ4n) is 2.20. The molecule has 2 N–H and O–H groups in total. The highest BCUT2D eigenvalue weighted by molar-refractivity contribution is 8.00. The Kier molecular flexibility index (Phi) is 3.64. The van der Waals surface area contributed by atoms with Gasteiger partial charge in [0.1, 0.15) is 5.75 Å². The zero-order valence-corrected chi connectivity index (χ0v) is 10.7. The molecule has 0 radical (unpaired) electrons. The van der Waals surface area contributed by atoms with E-state index in [0.29, 0.717) is 17.0 Å². The second-order valence-electron chi connectivity index (χ2n) is 4.32. The minimum atomic E-state index is 0.359. The number of hydrogen-bond acceptors (Lipinski definition) is 3. The maximum Gasteiger partial charge on any atom is 0.116 e. The van der Waals surface area contributed by atoms with Gasteiger partial charge in [0.15, 0.2) is 0 Å². The molecule has 0 fully saturated rings. The van der Waals surface area contributed by atoms with Gasteiger partial charge in [0.05, 0.1) is 5.37 Å². The van der Waals surface area contributed by atoms with Gasteiger partial charge < -0.3 is 10.4 Å². The summed E-state index contributed by atoms with van der Waals surface area (Å²) in [5, 5.41) is 13.5. The smallest absolute Gasteiger partial charge is 0.116 e. The van der Waals surface area contributed by atoms with Crippen LogP contribution in [-0.2, 0) is 0 Å². The molecule has 3 heteroatoms. The minimum absolute atomic E-state index is 0.359. The average molecular weight is 237 g/mol. The number of fused-ring (bicyclic) bond motifs is 1. The Hall–Kier alpha value is -0.830. The molecule has 0 bridgehead atoms. The van der Waals surface area contributed by atoms with Gasteiger partial charge in [-0.15, -0.1) is 0 Å². The fraction of sp³-hybridized carbons (Fsp3) is 0.538. The third kappa shape index (κ3) is 2.29. The Balaban J connectivity index is 2.09. The molecule has 0 saturated heterocycles. The van der Waals surface area contributed by atoms with Crippen LogP contribution in [0.15, 0.2) is 23.1 Å². The van der Waals surface area contributed by atoms with Gasteiger partial charge >= 0.3 is 0 Å². The third-order valence-corrected chi connectivity index (χ3v) is 4.48. The van der Waals surface area contributed by atoms with Crippen LogP contribution in [0.5, 0.6) is 5.75 Å². The van der Waals surface area contributed by atoms with Crippen LogP contribution in [0, 0.1) is 5.92 Å². The second kappa shape index (κ2) is 5.00. The molecule has 0 aliphatic carbocycles. The van der Waals surface area contributed by atoms with E-state index in [1.807, 2.05) is 23.9 Å². The predicted molar refractivity (Wildman–Crippen MR) is 70.1 cm³/mol. The molecule has 1 aliphatic heterocycles. The monoisotopic (exact) mass is 237 g/mol. The summed E-state index contributed by atoms with van der Waals surface area (Å²) in [6, 6.07) is 5.57. The van der Waals surface area contributed by atoms with Crippen LogP contribution in [0.1, 0.15) is 33.1 Å². The molecule has 2 rings (SSSR count). The van der Waals surface area contributed by atoms with Crippen molar-refractivity contribution >= 4 is 17.4 Å². The first-order valence-electron chi connectivity index (χ1n) is 6.00. The van der Waals surface area contributed by atoms with Crippen molar-refractivity contribution in [3.63, 3.8) is 0 Å². The number of rotatable bonds is 4. The molecular formula is C13H19NOS.